The Kier molecular flexibility index (Phi) is 10.2. The summed E-state index contributed by atoms with van der Waals surface area (Å²) in [7, 11) is -4.13. The Labute approximate surface area is 230 Å². The number of benzene rings is 3. The van der Waals surface area contributed by atoms with Gasteiger partial charge in [-0.3, -0.25) is 13.9 Å². The summed E-state index contributed by atoms with van der Waals surface area (Å²) in [4.78, 5) is 28.3. The summed E-state index contributed by atoms with van der Waals surface area (Å²) >= 11 is 0. The number of halogens is 1. The first-order chi connectivity index (χ1) is 18.5. The van der Waals surface area contributed by atoms with Crippen molar-refractivity contribution in [2.24, 2.45) is 5.92 Å². The molecule has 39 heavy (non-hydrogen) atoms. The van der Waals surface area contributed by atoms with Gasteiger partial charge in [-0.15, -0.1) is 0 Å². The number of carbonyl (C=O) groups excluding carboxylic acids is 2. The largest absolute Gasteiger partial charge is 0.354 e. The van der Waals surface area contributed by atoms with E-state index < -0.39 is 34.3 Å². The van der Waals surface area contributed by atoms with Crippen molar-refractivity contribution in [2.45, 2.75) is 51.6 Å². The second kappa shape index (κ2) is 13.4. The van der Waals surface area contributed by atoms with Gasteiger partial charge in [-0.05, 0) is 60.7 Å². The molecule has 0 bridgehead atoms. The lowest BCUT2D eigenvalue weighted by atomic mass is 10.1. The third kappa shape index (κ3) is 7.66. The van der Waals surface area contributed by atoms with Crippen LogP contribution in [0.5, 0.6) is 0 Å². The number of rotatable bonds is 12. The normalized spacial score (nSPS) is 12.2. The van der Waals surface area contributed by atoms with Gasteiger partial charge < -0.3 is 10.2 Å². The Morgan fingerprint density at radius 1 is 0.897 bits per heavy atom. The number of aryl methyl sites for hydroxylation is 1. The molecule has 0 saturated carbocycles. The van der Waals surface area contributed by atoms with Crippen molar-refractivity contribution in [3.8, 4) is 0 Å². The molecule has 1 atom stereocenters. The van der Waals surface area contributed by atoms with Gasteiger partial charge in [-0.25, -0.2) is 12.8 Å². The van der Waals surface area contributed by atoms with Crippen molar-refractivity contribution in [3.63, 3.8) is 0 Å². The van der Waals surface area contributed by atoms with Crippen LogP contribution in [-0.4, -0.2) is 44.3 Å². The van der Waals surface area contributed by atoms with Crippen LogP contribution in [-0.2, 0) is 32.6 Å². The van der Waals surface area contributed by atoms with Gasteiger partial charge in [0.15, 0.2) is 0 Å². The highest BCUT2D eigenvalue weighted by Crippen LogP contribution is 2.28. The van der Waals surface area contributed by atoms with E-state index in [1.807, 2.05) is 32.9 Å². The number of amides is 2. The van der Waals surface area contributed by atoms with Crippen LogP contribution in [0.15, 0.2) is 83.8 Å². The summed E-state index contributed by atoms with van der Waals surface area (Å²) in [5.41, 5.74) is 1.77. The quantitative estimate of drug-likeness (QED) is 0.350. The van der Waals surface area contributed by atoms with Crippen molar-refractivity contribution in [1.82, 2.24) is 10.2 Å². The van der Waals surface area contributed by atoms with E-state index in [-0.39, 0.29) is 23.3 Å². The van der Waals surface area contributed by atoms with Crippen molar-refractivity contribution in [3.05, 3.63) is 95.8 Å². The third-order valence-corrected chi connectivity index (χ3v) is 8.14. The number of sulfonamides is 1. The number of hydrogen-bond acceptors (Lipinski definition) is 4. The molecule has 0 radical (unpaired) electrons. The lowest BCUT2D eigenvalue weighted by molar-refractivity contribution is -0.139. The number of nitrogens with one attached hydrogen (secondary N) is 1. The lowest BCUT2D eigenvalue weighted by Crippen LogP contribution is -2.51. The predicted octanol–water partition coefficient (Wildman–Crippen LogP) is 4.77. The number of para-hydroxylation sites is 1. The maximum absolute atomic E-state index is 13.9. The summed E-state index contributed by atoms with van der Waals surface area (Å²) in [6.07, 6.45) is 0.554. The highest BCUT2D eigenvalue weighted by Gasteiger charge is 2.33. The maximum Gasteiger partial charge on any atom is 0.264 e. The van der Waals surface area contributed by atoms with Crippen molar-refractivity contribution in [2.75, 3.05) is 17.4 Å². The zero-order chi connectivity index (χ0) is 28.6. The Morgan fingerprint density at radius 2 is 1.51 bits per heavy atom. The van der Waals surface area contributed by atoms with Gasteiger partial charge in [0.2, 0.25) is 11.8 Å². The van der Waals surface area contributed by atoms with E-state index in [1.165, 1.54) is 29.2 Å². The van der Waals surface area contributed by atoms with Crippen LogP contribution in [0, 0.1) is 11.7 Å². The minimum Gasteiger partial charge on any atom is -0.354 e. The first kappa shape index (κ1) is 29.8. The molecule has 208 valence electrons. The molecule has 0 saturated heterocycles. The summed E-state index contributed by atoms with van der Waals surface area (Å²) < 4.78 is 42.4. The third-order valence-electron chi connectivity index (χ3n) is 6.37. The molecule has 0 aromatic heterocycles. The monoisotopic (exact) mass is 553 g/mol. The first-order valence-corrected chi connectivity index (χ1v) is 14.5. The first-order valence-electron chi connectivity index (χ1n) is 13.0. The van der Waals surface area contributed by atoms with Crippen LogP contribution in [0.4, 0.5) is 10.1 Å². The fourth-order valence-electron chi connectivity index (χ4n) is 4.11. The summed E-state index contributed by atoms with van der Waals surface area (Å²) in [5.74, 6) is -1.13. The van der Waals surface area contributed by atoms with E-state index in [4.69, 9.17) is 0 Å². The SMILES string of the molecule is CCc1ccccc1N(CC(=O)N(Cc1ccc(F)cc1)[C@H](C)C(=O)NCC(C)C)S(=O)(=O)c1ccccc1. The zero-order valence-corrected chi connectivity index (χ0v) is 23.6. The molecule has 9 heteroatoms. The summed E-state index contributed by atoms with van der Waals surface area (Å²) in [5, 5.41) is 2.85. The minimum absolute atomic E-state index is 0.00400. The smallest absolute Gasteiger partial charge is 0.264 e. The Balaban J connectivity index is 2.03. The average Bonchev–Trinajstić information content (AvgIpc) is 2.94. The lowest BCUT2D eigenvalue weighted by Gasteiger charge is -2.32. The molecule has 0 heterocycles. The van der Waals surface area contributed by atoms with Crippen LogP contribution < -0.4 is 9.62 Å². The van der Waals surface area contributed by atoms with E-state index in [0.29, 0.717) is 24.2 Å². The fraction of sp³-hybridized carbons (Fsp3) is 0.333. The molecule has 0 aliphatic rings. The molecule has 0 fully saturated rings. The molecule has 1 N–H and O–H groups in total. The van der Waals surface area contributed by atoms with Crippen LogP contribution in [0.3, 0.4) is 0 Å². The minimum atomic E-state index is -4.13. The maximum atomic E-state index is 13.9. The van der Waals surface area contributed by atoms with Gasteiger partial charge >= 0.3 is 0 Å². The Hall–Kier alpha value is -3.72. The van der Waals surface area contributed by atoms with Gasteiger partial charge in [0.25, 0.3) is 10.0 Å². The Morgan fingerprint density at radius 3 is 2.13 bits per heavy atom. The zero-order valence-electron chi connectivity index (χ0n) is 22.8. The van der Waals surface area contributed by atoms with Crippen LogP contribution in [0.2, 0.25) is 0 Å². The standard InChI is InChI=1S/C30H36FN3O4S/c1-5-25-11-9-10-14-28(25)34(39(37,38)27-12-7-6-8-13-27)21-29(35)33(20-24-15-17-26(31)18-16-24)23(4)30(36)32-19-22(2)3/h6-18,22-23H,5,19-21H2,1-4H3,(H,32,36)/t23-/m1/s1. The molecule has 3 aromatic rings. The average molecular weight is 554 g/mol. The Bertz CT molecular complexity index is 1360. The molecule has 3 rings (SSSR count). The predicted molar refractivity (Wildman–Crippen MR) is 151 cm³/mol. The van der Waals surface area contributed by atoms with Crippen LogP contribution in [0.25, 0.3) is 0 Å². The van der Waals surface area contributed by atoms with E-state index in [2.05, 4.69) is 5.32 Å². The van der Waals surface area contributed by atoms with Crippen molar-refractivity contribution < 1.29 is 22.4 Å². The van der Waals surface area contributed by atoms with Gasteiger partial charge in [0, 0.05) is 13.1 Å². The second-order valence-corrected chi connectivity index (χ2v) is 11.6. The fourth-order valence-corrected chi connectivity index (χ4v) is 5.58. The number of anilines is 1. The van der Waals surface area contributed by atoms with E-state index in [0.717, 1.165) is 9.87 Å². The topological polar surface area (TPSA) is 86.8 Å². The summed E-state index contributed by atoms with van der Waals surface area (Å²) in [6.45, 7) is 7.36. The van der Waals surface area contributed by atoms with Crippen LogP contribution >= 0.6 is 0 Å². The van der Waals surface area contributed by atoms with E-state index in [1.54, 1.807) is 49.4 Å². The number of carbonyl (C=O) groups is 2. The second-order valence-electron chi connectivity index (χ2n) is 9.77. The molecule has 0 aliphatic carbocycles. The van der Waals surface area contributed by atoms with Crippen molar-refractivity contribution in [1.29, 1.82) is 0 Å². The van der Waals surface area contributed by atoms with Gasteiger partial charge in [0.05, 0.1) is 10.6 Å². The molecule has 0 spiro atoms. The highest BCUT2D eigenvalue weighted by molar-refractivity contribution is 7.92. The molecular formula is C30H36FN3O4S. The van der Waals surface area contributed by atoms with E-state index in [9.17, 15) is 22.4 Å². The number of nitrogens with zero attached hydrogens (tertiary/aromatic N) is 2. The van der Waals surface area contributed by atoms with Crippen LogP contribution in [0.1, 0.15) is 38.8 Å². The molecule has 0 unspecified atom stereocenters. The molecule has 0 aliphatic heterocycles. The molecule has 3 aromatic carbocycles. The molecule has 7 nitrogen and oxygen atoms in total. The molecular weight excluding hydrogens is 517 g/mol. The van der Waals surface area contributed by atoms with Crippen molar-refractivity contribution >= 4 is 27.5 Å². The van der Waals surface area contributed by atoms with E-state index >= 15 is 0 Å². The van der Waals surface area contributed by atoms with Gasteiger partial charge in [0.1, 0.15) is 18.4 Å². The summed E-state index contributed by atoms with van der Waals surface area (Å²) in [6, 6.07) is 19.7. The van der Waals surface area contributed by atoms with Gasteiger partial charge in [-0.1, -0.05) is 69.3 Å². The number of hydrogen-bond donors (Lipinski definition) is 1. The van der Waals surface area contributed by atoms with Gasteiger partial charge in [-0.2, -0.15) is 0 Å². The highest BCUT2D eigenvalue weighted by atomic mass is 32.2. The molecule has 2 amide bonds.